The Bertz CT molecular complexity index is 778. The van der Waals surface area contributed by atoms with Crippen LogP contribution in [0.15, 0.2) is 47.4 Å². The van der Waals surface area contributed by atoms with Gasteiger partial charge in [0.1, 0.15) is 0 Å². The van der Waals surface area contributed by atoms with E-state index in [2.05, 4.69) is 34.1 Å². The van der Waals surface area contributed by atoms with Crippen LogP contribution >= 0.6 is 0 Å². The quantitative estimate of drug-likeness (QED) is 0.867. The van der Waals surface area contributed by atoms with Gasteiger partial charge in [-0.3, -0.25) is 14.5 Å². The monoisotopic (exact) mass is 309 g/mol. The molecule has 0 spiro atoms. The number of hydrogen-bond donors (Lipinski definition) is 1. The third kappa shape index (κ3) is 2.57. The van der Waals surface area contributed by atoms with Gasteiger partial charge < -0.3 is 9.88 Å². The minimum atomic E-state index is -0.187. The van der Waals surface area contributed by atoms with Crippen LogP contribution in [0.4, 0.5) is 0 Å². The first kappa shape index (κ1) is 14.2. The van der Waals surface area contributed by atoms with E-state index in [1.165, 1.54) is 23.4 Å². The van der Waals surface area contributed by atoms with E-state index in [-0.39, 0.29) is 17.5 Å². The number of fused-ring (bicyclic) bond motifs is 3. The van der Waals surface area contributed by atoms with Gasteiger partial charge in [0.25, 0.3) is 5.91 Å². The second kappa shape index (κ2) is 5.66. The number of benzene rings is 1. The Morgan fingerprint density at radius 3 is 2.78 bits per heavy atom. The zero-order chi connectivity index (χ0) is 15.8. The molecular formula is C18H19N3O2. The molecule has 1 fully saturated rings. The lowest BCUT2D eigenvalue weighted by Crippen LogP contribution is -2.52. The van der Waals surface area contributed by atoms with Gasteiger partial charge in [0, 0.05) is 38.4 Å². The summed E-state index contributed by atoms with van der Waals surface area (Å²) in [5.41, 5.74) is 3.10. The van der Waals surface area contributed by atoms with Crippen LogP contribution < -0.4 is 5.56 Å². The van der Waals surface area contributed by atoms with E-state index < -0.39 is 0 Å². The first-order valence-corrected chi connectivity index (χ1v) is 8.02. The van der Waals surface area contributed by atoms with Crippen LogP contribution in [0.2, 0.25) is 0 Å². The molecule has 1 atom stereocenters. The van der Waals surface area contributed by atoms with Crippen LogP contribution in [0.3, 0.4) is 0 Å². The van der Waals surface area contributed by atoms with Crippen molar-refractivity contribution in [3.8, 4) is 0 Å². The molecule has 1 N–H and O–H groups in total. The molecule has 1 unspecified atom stereocenters. The molecule has 118 valence electrons. The predicted octanol–water partition coefficient (Wildman–Crippen LogP) is 1.43. The summed E-state index contributed by atoms with van der Waals surface area (Å²) in [6, 6.07) is 11.8. The van der Waals surface area contributed by atoms with Gasteiger partial charge in [-0.05, 0) is 23.6 Å². The number of piperazine rings is 1. The van der Waals surface area contributed by atoms with Crippen molar-refractivity contribution < 1.29 is 4.79 Å². The normalized spacial score (nSPS) is 20.7. The van der Waals surface area contributed by atoms with Gasteiger partial charge in [-0.2, -0.15) is 0 Å². The van der Waals surface area contributed by atoms with E-state index in [9.17, 15) is 9.59 Å². The summed E-state index contributed by atoms with van der Waals surface area (Å²) in [7, 11) is 0. The summed E-state index contributed by atoms with van der Waals surface area (Å²) in [6.07, 6.45) is 2.59. The van der Waals surface area contributed by atoms with E-state index >= 15 is 0 Å². The number of nitrogens with zero attached hydrogens (tertiary/aromatic N) is 2. The molecule has 5 heteroatoms. The minimum absolute atomic E-state index is 0.0102. The number of H-pyrrole nitrogens is 1. The van der Waals surface area contributed by atoms with E-state index in [1.807, 2.05) is 4.90 Å². The molecule has 23 heavy (non-hydrogen) atoms. The van der Waals surface area contributed by atoms with Crippen molar-refractivity contribution in [1.29, 1.82) is 0 Å². The molecule has 0 radical (unpaired) electrons. The maximum absolute atomic E-state index is 12.7. The van der Waals surface area contributed by atoms with Gasteiger partial charge in [0.2, 0.25) is 5.56 Å². The molecule has 5 nitrogen and oxygen atoms in total. The summed E-state index contributed by atoms with van der Waals surface area (Å²) in [5, 5.41) is 0. The molecule has 2 aliphatic heterocycles. The Morgan fingerprint density at radius 1 is 1.09 bits per heavy atom. The van der Waals surface area contributed by atoms with E-state index in [4.69, 9.17) is 0 Å². The Morgan fingerprint density at radius 2 is 1.96 bits per heavy atom. The highest BCUT2D eigenvalue weighted by Gasteiger charge is 2.34. The Kier molecular flexibility index (Phi) is 3.50. The van der Waals surface area contributed by atoms with Crippen molar-refractivity contribution in [3.63, 3.8) is 0 Å². The van der Waals surface area contributed by atoms with Crippen LogP contribution in [-0.4, -0.2) is 46.9 Å². The topological polar surface area (TPSA) is 56.4 Å². The zero-order valence-electron chi connectivity index (χ0n) is 12.9. The Hall–Kier alpha value is -2.40. The Labute approximate surface area is 134 Å². The number of carbonyl (C=O) groups is 1. The van der Waals surface area contributed by atoms with E-state index in [1.54, 1.807) is 6.07 Å². The molecule has 2 aliphatic rings. The molecule has 1 amide bonds. The second-order valence-corrected chi connectivity index (χ2v) is 6.19. The molecular weight excluding hydrogens is 290 g/mol. The van der Waals surface area contributed by atoms with Gasteiger partial charge in [-0.1, -0.05) is 24.3 Å². The van der Waals surface area contributed by atoms with Crippen LogP contribution in [0, 0.1) is 0 Å². The lowest BCUT2D eigenvalue weighted by molar-refractivity contribution is 0.0453. The van der Waals surface area contributed by atoms with Gasteiger partial charge >= 0.3 is 0 Å². The minimum Gasteiger partial charge on any atom is -0.335 e. The van der Waals surface area contributed by atoms with Gasteiger partial charge in [-0.15, -0.1) is 0 Å². The van der Waals surface area contributed by atoms with Gasteiger partial charge in [0.15, 0.2) is 0 Å². The number of amides is 1. The largest absolute Gasteiger partial charge is 0.335 e. The molecule has 4 rings (SSSR count). The summed E-state index contributed by atoms with van der Waals surface area (Å²) >= 11 is 0. The number of carbonyl (C=O) groups excluding carboxylic acids is 1. The lowest BCUT2D eigenvalue weighted by atomic mass is 9.91. The molecule has 0 aliphatic carbocycles. The van der Waals surface area contributed by atoms with E-state index in [0.717, 1.165) is 26.1 Å². The van der Waals surface area contributed by atoms with Crippen molar-refractivity contribution >= 4 is 5.91 Å². The van der Waals surface area contributed by atoms with E-state index in [0.29, 0.717) is 12.1 Å². The van der Waals surface area contributed by atoms with Crippen molar-refractivity contribution in [2.24, 2.45) is 0 Å². The van der Waals surface area contributed by atoms with Crippen molar-refractivity contribution in [3.05, 3.63) is 69.6 Å². The highest BCUT2D eigenvalue weighted by Crippen LogP contribution is 2.32. The van der Waals surface area contributed by atoms with Crippen molar-refractivity contribution in [1.82, 2.24) is 14.8 Å². The van der Waals surface area contributed by atoms with Crippen LogP contribution in [-0.2, 0) is 6.42 Å². The summed E-state index contributed by atoms with van der Waals surface area (Å²) in [4.78, 5) is 30.8. The molecule has 1 aromatic carbocycles. The number of pyridine rings is 1. The molecule has 1 saturated heterocycles. The van der Waals surface area contributed by atoms with Crippen molar-refractivity contribution in [2.75, 3.05) is 26.2 Å². The SMILES string of the molecule is O=C(c1ccc(=O)[nH]c1)N1CCN2CCc3ccccc3C2C1. The average molecular weight is 309 g/mol. The first-order chi connectivity index (χ1) is 11.2. The number of aromatic amines is 1. The fourth-order valence-electron chi connectivity index (χ4n) is 3.64. The lowest BCUT2D eigenvalue weighted by Gasteiger charge is -2.44. The number of nitrogens with one attached hydrogen (secondary N) is 1. The Balaban J connectivity index is 1.59. The molecule has 0 saturated carbocycles. The third-order valence-electron chi connectivity index (χ3n) is 4.89. The molecule has 2 aromatic rings. The maximum atomic E-state index is 12.7. The fourth-order valence-corrected chi connectivity index (χ4v) is 3.64. The number of aromatic nitrogens is 1. The summed E-state index contributed by atoms with van der Waals surface area (Å²) in [5.74, 6) is -0.0102. The van der Waals surface area contributed by atoms with Gasteiger partial charge in [0.05, 0.1) is 11.6 Å². The third-order valence-corrected chi connectivity index (χ3v) is 4.89. The number of rotatable bonds is 1. The zero-order valence-corrected chi connectivity index (χ0v) is 12.9. The fraction of sp³-hybridized carbons (Fsp3) is 0.333. The highest BCUT2D eigenvalue weighted by molar-refractivity contribution is 5.94. The molecule has 3 heterocycles. The second-order valence-electron chi connectivity index (χ2n) is 6.19. The number of hydrogen-bond acceptors (Lipinski definition) is 3. The first-order valence-electron chi connectivity index (χ1n) is 8.02. The molecule has 1 aromatic heterocycles. The smallest absolute Gasteiger partial charge is 0.255 e. The predicted molar refractivity (Wildman–Crippen MR) is 87.4 cm³/mol. The summed E-state index contributed by atoms with van der Waals surface area (Å²) in [6.45, 7) is 3.39. The maximum Gasteiger partial charge on any atom is 0.255 e. The van der Waals surface area contributed by atoms with Crippen LogP contribution in [0.1, 0.15) is 27.5 Å². The average Bonchev–Trinajstić information content (AvgIpc) is 2.61. The standard InChI is InChI=1S/C18H19N3O2/c22-17-6-5-14(11-19-17)18(23)21-10-9-20-8-7-13-3-1-2-4-15(13)16(20)12-21/h1-6,11,16H,7-10,12H2,(H,19,22). The summed E-state index contributed by atoms with van der Waals surface area (Å²) < 4.78 is 0. The van der Waals surface area contributed by atoms with Crippen LogP contribution in [0.25, 0.3) is 0 Å². The highest BCUT2D eigenvalue weighted by atomic mass is 16.2. The van der Waals surface area contributed by atoms with Gasteiger partial charge in [-0.25, -0.2) is 0 Å². The van der Waals surface area contributed by atoms with Crippen LogP contribution in [0.5, 0.6) is 0 Å². The molecule has 0 bridgehead atoms. The van der Waals surface area contributed by atoms with Crippen molar-refractivity contribution in [2.45, 2.75) is 12.5 Å².